The number of rotatable bonds is 1. The van der Waals surface area contributed by atoms with E-state index in [0.717, 1.165) is 19.5 Å². The van der Waals surface area contributed by atoms with Crippen LogP contribution in [-0.4, -0.2) is 19.1 Å². The van der Waals surface area contributed by atoms with Crippen LogP contribution < -0.4 is 10.6 Å². The average Bonchev–Trinajstić information content (AvgIpc) is 2.51. The standard InChI is InChI=1S/C12H10.C4H8N2O/c1-3-7-11(8-4-1)12-9-5-2-6-10-12;7-4-5-2-1-3-6-4/h1-10H;1-3H2,(H2,5,6,7). The van der Waals surface area contributed by atoms with Gasteiger partial charge in [0.2, 0.25) is 0 Å². The molecule has 2 amide bonds. The lowest BCUT2D eigenvalue weighted by Gasteiger charge is -2.11. The van der Waals surface area contributed by atoms with Crippen molar-refractivity contribution in [3.63, 3.8) is 0 Å². The van der Waals surface area contributed by atoms with Gasteiger partial charge in [0.05, 0.1) is 0 Å². The van der Waals surface area contributed by atoms with Gasteiger partial charge in [0.1, 0.15) is 0 Å². The number of carbonyl (C=O) groups is 1. The third-order valence-corrected chi connectivity index (χ3v) is 2.81. The Bertz CT molecular complexity index is 451. The van der Waals surface area contributed by atoms with Crippen molar-refractivity contribution in [2.24, 2.45) is 0 Å². The molecule has 1 heterocycles. The summed E-state index contributed by atoms with van der Waals surface area (Å²) in [6.07, 6.45) is 1.05. The molecule has 3 rings (SSSR count). The predicted octanol–water partition coefficient (Wildman–Crippen LogP) is 3.04. The van der Waals surface area contributed by atoms with E-state index in [1.54, 1.807) is 0 Å². The van der Waals surface area contributed by atoms with Gasteiger partial charge < -0.3 is 10.6 Å². The molecule has 0 atom stereocenters. The van der Waals surface area contributed by atoms with E-state index >= 15 is 0 Å². The maximum atomic E-state index is 10.2. The predicted molar refractivity (Wildman–Crippen MR) is 77.9 cm³/mol. The van der Waals surface area contributed by atoms with Crippen molar-refractivity contribution >= 4 is 6.03 Å². The summed E-state index contributed by atoms with van der Waals surface area (Å²) < 4.78 is 0. The van der Waals surface area contributed by atoms with E-state index < -0.39 is 0 Å². The molecule has 3 nitrogen and oxygen atoms in total. The summed E-state index contributed by atoms with van der Waals surface area (Å²) in [6.45, 7) is 1.65. The fourth-order valence-electron chi connectivity index (χ4n) is 1.82. The largest absolute Gasteiger partial charge is 0.338 e. The van der Waals surface area contributed by atoms with E-state index in [0.29, 0.717) is 0 Å². The van der Waals surface area contributed by atoms with E-state index in [2.05, 4.69) is 59.2 Å². The summed E-state index contributed by atoms with van der Waals surface area (Å²) in [4.78, 5) is 10.2. The Hall–Kier alpha value is -2.29. The van der Waals surface area contributed by atoms with Gasteiger partial charge in [-0.1, -0.05) is 60.7 Å². The zero-order valence-electron chi connectivity index (χ0n) is 10.8. The molecular weight excluding hydrogens is 236 g/mol. The lowest BCUT2D eigenvalue weighted by molar-refractivity contribution is 0.236. The van der Waals surface area contributed by atoms with Gasteiger partial charge in [0.25, 0.3) is 0 Å². The molecule has 2 aromatic carbocycles. The first-order valence-electron chi connectivity index (χ1n) is 6.48. The van der Waals surface area contributed by atoms with Gasteiger partial charge in [-0.25, -0.2) is 4.79 Å². The van der Waals surface area contributed by atoms with Gasteiger partial charge in [-0.05, 0) is 17.5 Å². The highest BCUT2D eigenvalue weighted by molar-refractivity contribution is 5.74. The van der Waals surface area contributed by atoms with Crippen LogP contribution in [0, 0.1) is 0 Å². The summed E-state index contributed by atoms with van der Waals surface area (Å²) in [5.41, 5.74) is 2.55. The Balaban J connectivity index is 0.000000163. The fraction of sp³-hybridized carbons (Fsp3) is 0.188. The number of benzene rings is 2. The second-order valence-electron chi connectivity index (χ2n) is 4.27. The van der Waals surface area contributed by atoms with Crippen molar-refractivity contribution in [3.8, 4) is 11.1 Å². The minimum absolute atomic E-state index is 0.0359. The van der Waals surface area contributed by atoms with E-state index in [9.17, 15) is 4.79 Å². The smallest absolute Gasteiger partial charge is 0.314 e. The number of amides is 2. The molecule has 0 saturated carbocycles. The molecule has 3 heteroatoms. The Morgan fingerprint density at radius 2 is 1.11 bits per heavy atom. The number of carbonyl (C=O) groups excluding carboxylic acids is 1. The van der Waals surface area contributed by atoms with Crippen molar-refractivity contribution in [2.45, 2.75) is 6.42 Å². The molecule has 2 N–H and O–H groups in total. The number of nitrogens with one attached hydrogen (secondary N) is 2. The Morgan fingerprint density at radius 1 is 0.684 bits per heavy atom. The number of urea groups is 1. The van der Waals surface area contributed by atoms with Crippen LogP contribution in [0.4, 0.5) is 4.79 Å². The van der Waals surface area contributed by atoms with Crippen molar-refractivity contribution < 1.29 is 4.79 Å². The monoisotopic (exact) mass is 254 g/mol. The zero-order chi connectivity index (χ0) is 13.3. The molecule has 1 saturated heterocycles. The summed E-state index contributed by atoms with van der Waals surface area (Å²) in [7, 11) is 0. The van der Waals surface area contributed by atoms with Crippen molar-refractivity contribution in [1.82, 2.24) is 10.6 Å². The number of hydrogen-bond acceptors (Lipinski definition) is 1. The first kappa shape index (κ1) is 13.1. The molecule has 2 aromatic rings. The first-order chi connectivity index (χ1) is 9.36. The first-order valence-corrected chi connectivity index (χ1v) is 6.48. The molecule has 0 aromatic heterocycles. The van der Waals surface area contributed by atoms with Gasteiger partial charge >= 0.3 is 6.03 Å². The van der Waals surface area contributed by atoms with Gasteiger partial charge in [-0.3, -0.25) is 0 Å². The molecule has 0 radical (unpaired) electrons. The Morgan fingerprint density at radius 3 is 1.42 bits per heavy atom. The maximum absolute atomic E-state index is 10.2. The summed E-state index contributed by atoms with van der Waals surface area (Å²) in [6, 6.07) is 20.7. The molecule has 0 bridgehead atoms. The van der Waals surface area contributed by atoms with Crippen molar-refractivity contribution in [2.75, 3.05) is 13.1 Å². The Labute approximate surface area is 113 Å². The molecule has 19 heavy (non-hydrogen) atoms. The van der Waals surface area contributed by atoms with E-state index in [1.807, 2.05) is 12.1 Å². The average molecular weight is 254 g/mol. The van der Waals surface area contributed by atoms with Crippen LogP contribution in [-0.2, 0) is 0 Å². The zero-order valence-corrected chi connectivity index (χ0v) is 10.8. The third kappa shape index (κ3) is 4.47. The van der Waals surface area contributed by atoms with Crippen LogP contribution in [0.5, 0.6) is 0 Å². The molecular formula is C16H18N2O. The van der Waals surface area contributed by atoms with Gasteiger partial charge in [0.15, 0.2) is 0 Å². The maximum Gasteiger partial charge on any atom is 0.314 e. The van der Waals surface area contributed by atoms with E-state index in [4.69, 9.17) is 0 Å². The Kier molecular flexibility index (Phi) is 4.99. The van der Waals surface area contributed by atoms with E-state index in [-0.39, 0.29) is 6.03 Å². The molecule has 98 valence electrons. The summed E-state index contributed by atoms with van der Waals surface area (Å²) in [5, 5.41) is 5.26. The van der Waals surface area contributed by atoms with Crippen LogP contribution in [0.1, 0.15) is 6.42 Å². The van der Waals surface area contributed by atoms with E-state index in [1.165, 1.54) is 11.1 Å². The highest BCUT2D eigenvalue weighted by Crippen LogP contribution is 2.17. The van der Waals surface area contributed by atoms with Gasteiger partial charge in [-0.2, -0.15) is 0 Å². The normalized spacial score (nSPS) is 13.6. The second-order valence-corrected chi connectivity index (χ2v) is 4.27. The number of hydrogen-bond donors (Lipinski definition) is 2. The van der Waals surface area contributed by atoms with Crippen LogP contribution in [0.2, 0.25) is 0 Å². The van der Waals surface area contributed by atoms with Crippen LogP contribution in [0.15, 0.2) is 60.7 Å². The summed E-state index contributed by atoms with van der Waals surface area (Å²) >= 11 is 0. The molecule has 0 spiro atoms. The highest BCUT2D eigenvalue weighted by atomic mass is 16.2. The SMILES string of the molecule is O=C1NCCCN1.c1ccc(-c2ccccc2)cc1. The molecule has 1 aliphatic heterocycles. The van der Waals surface area contributed by atoms with Crippen LogP contribution >= 0.6 is 0 Å². The third-order valence-electron chi connectivity index (χ3n) is 2.81. The molecule has 1 fully saturated rings. The molecule has 0 aliphatic carbocycles. The van der Waals surface area contributed by atoms with Crippen LogP contribution in [0.25, 0.3) is 11.1 Å². The topological polar surface area (TPSA) is 41.1 Å². The lowest BCUT2D eigenvalue weighted by Crippen LogP contribution is -2.42. The fourth-order valence-corrected chi connectivity index (χ4v) is 1.82. The lowest BCUT2D eigenvalue weighted by atomic mass is 10.1. The van der Waals surface area contributed by atoms with Crippen molar-refractivity contribution in [3.05, 3.63) is 60.7 Å². The second kappa shape index (κ2) is 7.21. The van der Waals surface area contributed by atoms with Crippen LogP contribution in [0.3, 0.4) is 0 Å². The highest BCUT2D eigenvalue weighted by Gasteiger charge is 2.02. The van der Waals surface area contributed by atoms with Crippen molar-refractivity contribution in [1.29, 1.82) is 0 Å². The molecule has 0 unspecified atom stereocenters. The quantitative estimate of drug-likeness (QED) is 0.807. The minimum Gasteiger partial charge on any atom is -0.338 e. The summed E-state index contributed by atoms with van der Waals surface area (Å²) in [5.74, 6) is 0. The minimum atomic E-state index is -0.0359. The van der Waals surface area contributed by atoms with Gasteiger partial charge in [0, 0.05) is 13.1 Å². The van der Waals surface area contributed by atoms with Gasteiger partial charge in [-0.15, -0.1) is 0 Å². The molecule has 1 aliphatic rings.